The molecule has 3 nitrogen and oxygen atoms in total. The fraction of sp³-hybridized carbons (Fsp3) is 0.571. The molecule has 0 bridgehead atoms. The predicted molar refractivity (Wildman–Crippen MR) is 92.5 cm³/mol. The van der Waals surface area contributed by atoms with Crippen molar-refractivity contribution in [2.45, 2.75) is 76.0 Å². The number of hydrogen-bond acceptors (Lipinski definition) is 3. The van der Waals surface area contributed by atoms with Gasteiger partial charge in [-0.05, 0) is 37.8 Å². The molecule has 2 aliphatic rings. The lowest BCUT2D eigenvalue weighted by Crippen LogP contribution is -2.04. The molecule has 0 saturated heterocycles. The summed E-state index contributed by atoms with van der Waals surface area (Å²) in [7, 11) is 0. The van der Waals surface area contributed by atoms with Crippen molar-refractivity contribution in [2.24, 2.45) is 0 Å². The van der Waals surface area contributed by atoms with Crippen molar-refractivity contribution < 1.29 is 13.6 Å². The van der Waals surface area contributed by atoms with Crippen LogP contribution in [0.4, 0.5) is 0 Å². The summed E-state index contributed by atoms with van der Waals surface area (Å²) in [6.07, 6.45) is 15.7. The van der Waals surface area contributed by atoms with Gasteiger partial charge >= 0.3 is 0 Å². The van der Waals surface area contributed by atoms with Gasteiger partial charge in [0.15, 0.2) is 5.78 Å². The lowest BCUT2D eigenvalue weighted by atomic mass is 9.87. The summed E-state index contributed by atoms with van der Waals surface area (Å²) < 4.78 is 11.4. The first-order valence-corrected chi connectivity index (χ1v) is 9.53. The van der Waals surface area contributed by atoms with E-state index in [1.165, 1.54) is 64.2 Å². The van der Waals surface area contributed by atoms with E-state index in [2.05, 4.69) is 0 Å². The van der Waals surface area contributed by atoms with Crippen LogP contribution in [-0.4, -0.2) is 5.78 Å². The zero-order chi connectivity index (χ0) is 16.4. The minimum absolute atomic E-state index is 0.0200. The molecule has 2 aromatic rings. The SMILES string of the molecule is O=C(c1coc(C2CCCCC2)c1)c1coc(C2CCCCC2)c1. The smallest absolute Gasteiger partial charge is 0.199 e. The van der Waals surface area contributed by atoms with Gasteiger partial charge in [-0.2, -0.15) is 0 Å². The molecular formula is C21H26O3. The van der Waals surface area contributed by atoms with E-state index in [-0.39, 0.29) is 5.78 Å². The first kappa shape index (κ1) is 15.7. The van der Waals surface area contributed by atoms with Crippen LogP contribution in [0.2, 0.25) is 0 Å². The van der Waals surface area contributed by atoms with E-state index in [0.29, 0.717) is 23.0 Å². The Hall–Kier alpha value is -1.77. The van der Waals surface area contributed by atoms with E-state index in [1.54, 1.807) is 12.5 Å². The molecular weight excluding hydrogens is 300 g/mol. The fourth-order valence-corrected chi connectivity index (χ4v) is 4.31. The number of ketones is 1. The standard InChI is InChI=1S/C21H26O3/c22-21(17-11-19(23-13-17)15-7-3-1-4-8-15)18-12-20(24-14-18)16-9-5-2-6-10-16/h11-16H,1-10H2. The number of carbonyl (C=O) groups excluding carboxylic acids is 1. The molecule has 0 amide bonds. The Labute approximate surface area is 143 Å². The van der Waals surface area contributed by atoms with Gasteiger partial charge in [0.05, 0.1) is 11.1 Å². The topological polar surface area (TPSA) is 43.4 Å². The highest BCUT2D eigenvalue weighted by Gasteiger charge is 2.23. The molecule has 24 heavy (non-hydrogen) atoms. The molecule has 0 N–H and O–H groups in total. The molecule has 2 heterocycles. The van der Waals surface area contributed by atoms with Crippen LogP contribution in [0.1, 0.15) is 103 Å². The molecule has 2 fully saturated rings. The molecule has 2 saturated carbocycles. The summed E-state index contributed by atoms with van der Waals surface area (Å²) in [5.74, 6) is 2.96. The number of rotatable bonds is 4. The third kappa shape index (κ3) is 3.22. The van der Waals surface area contributed by atoms with Gasteiger partial charge in [-0.1, -0.05) is 38.5 Å². The Bertz CT molecular complexity index is 623. The quantitative estimate of drug-likeness (QED) is 0.628. The highest BCUT2D eigenvalue weighted by Crippen LogP contribution is 2.35. The molecule has 4 rings (SSSR count). The van der Waals surface area contributed by atoms with Crippen LogP contribution in [0.25, 0.3) is 0 Å². The fourth-order valence-electron chi connectivity index (χ4n) is 4.31. The predicted octanol–water partition coefficient (Wildman–Crippen LogP) is 6.20. The van der Waals surface area contributed by atoms with Crippen molar-refractivity contribution in [3.8, 4) is 0 Å². The number of carbonyl (C=O) groups is 1. The van der Waals surface area contributed by atoms with Crippen molar-refractivity contribution in [3.05, 3.63) is 47.3 Å². The van der Waals surface area contributed by atoms with Crippen molar-refractivity contribution in [1.82, 2.24) is 0 Å². The minimum atomic E-state index is 0.0200. The minimum Gasteiger partial charge on any atom is -0.468 e. The Balaban J connectivity index is 1.47. The van der Waals surface area contributed by atoms with Gasteiger partial charge in [0, 0.05) is 11.8 Å². The summed E-state index contributed by atoms with van der Waals surface area (Å²) in [4.78, 5) is 12.7. The van der Waals surface area contributed by atoms with Gasteiger partial charge in [-0.15, -0.1) is 0 Å². The van der Waals surface area contributed by atoms with Crippen LogP contribution >= 0.6 is 0 Å². The normalized spacial score (nSPS) is 20.3. The second kappa shape index (κ2) is 7.00. The maximum absolute atomic E-state index is 12.7. The highest BCUT2D eigenvalue weighted by molar-refractivity contribution is 6.08. The van der Waals surface area contributed by atoms with Gasteiger partial charge < -0.3 is 8.83 Å². The van der Waals surface area contributed by atoms with Crippen LogP contribution in [0.3, 0.4) is 0 Å². The Kier molecular flexibility index (Phi) is 4.59. The molecule has 0 unspecified atom stereocenters. The van der Waals surface area contributed by atoms with Crippen LogP contribution in [0, 0.1) is 0 Å². The molecule has 0 aliphatic heterocycles. The molecule has 3 heteroatoms. The Morgan fingerprint density at radius 3 is 1.54 bits per heavy atom. The van der Waals surface area contributed by atoms with Gasteiger partial charge in [0.2, 0.25) is 0 Å². The molecule has 0 spiro atoms. The summed E-state index contributed by atoms with van der Waals surface area (Å²) in [6.45, 7) is 0. The average molecular weight is 326 g/mol. The number of furan rings is 2. The van der Waals surface area contributed by atoms with Crippen LogP contribution in [0.5, 0.6) is 0 Å². The lowest BCUT2D eigenvalue weighted by molar-refractivity contribution is 0.103. The third-order valence-electron chi connectivity index (χ3n) is 5.78. The van der Waals surface area contributed by atoms with E-state index in [4.69, 9.17) is 8.83 Å². The first-order chi connectivity index (χ1) is 11.8. The monoisotopic (exact) mass is 326 g/mol. The second-order valence-corrected chi connectivity index (χ2v) is 7.47. The second-order valence-electron chi connectivity index (χ2n) is 7.47. The van der Waals surface area contributed by atoms with Crippen molar-refractivity contribution >= 4 is 5.78 Å². The molecule has 2 aliphatic carbocycles. The molecule has 128 valence electrons. The van der Waals surface area contributed by atoms with Crippen LogP contribution < -0.4 is 0 Å². The maximum Gasteiger partial charge on any atom is 0.199 e. The molecule has 2 aromatic heterocycles. The largest absolute Gasteiger partial charge is 0.468 e. The van der Waals surface area contributed by atoms with Gasteiger partial charge in [0.25, 0.3) is 0 Å². The van der Waals surface area contributed by atoms with Crippen molar-refractivity contribution in [3.63, 3.8) is 0 Å². The summed E-state index contributed by atoms with van der Waals surface area (Å²) in [5.41, 5.74) is 1.32. The van der Waals surface area contributed by atoms with Crippen molar-refractivity contribution in [1.29, 1.82) is 0 Å². The van der Waals surface area contributed by atoms with E-state index in [1.807, 2.05) is 12.1 Å². The van der Waals surface area contributed by atoms with Gasteiger partial charge in [-0.25, -0.2) is 0 Å². The van der Waals surface area contributed by atoms with Gasteiger partial charge in [-0.3, -0.25) is 4.79 Å². The van der Waals surface area contributed by atoms with E-state index >= 15 is 0 Å². The van der Waals surface area contributed by atoms with Crippen LogP contribution in [-0.2, 0) is 0 Å². The Morgan fingerprint density at radius 1 is 0.708 bits per heavy atom. The van der Waals surface area contributed by atoms with Crippen LogP contribution in [0.15, 0.2) is 33.5 Å². The zero-order valence-corrected chi connectivity index (χ0v) is 14.3. The first-order valence-electron chi connectivity index (χ1n) is 9.53. The lowest BCUT2D eigenvalue weighted by Gasteiger charge is -2.18. The third-order valence-corrected chi connectivity index (χ3v) is 5.78. The van der Waals surface area contributed by atoms with Crippen molar-refractivity contribution in [2.75, 3.05) is 0 Å². The average Bonchev–Trinajstić information content (AvgIpc) is 3.33. The van der Waals surface area contributed by atoms with E-state index < -0.39 is 0 Å². The summed E-state index contributed by atoms with van der Waals surface area (Å²) >= 11 is 0. The molecule has 0 radical (unpaired) electrons. The van der Waals surface area contributed by atoms with Gasteiger partial charge in [0.1, 0.15) is 24.0 Å². The molecule has 0 aromatic carbocycles. The zero-order valence-electron chi connectivity index (χ0n) is 14.3. The Morgan fingerprint density at radius 2 is 1.12 bits per heavy atom. The highest BCUT2D eigenvalue weighted by atomic mass is 16.3. The number of hydrogen-bond donors (Lipinski definition) is 0. The summed E-state index contributed by atoms with van der Waals surface area (Å²) in [5, 5.41) is 0. The maximum atomic E-state index is 12.7. The van der Waals surface area contributed by atoms with E-state index in [9.17, 15) is 4.79 Å². The summed E-state index contributed by atoms with van der Waals surface area (Å²) in [6, 6.07) is 3.90. The van der Waals surface area contributed by atoms with E-state index in [0.717, 1.165) is 11.5 Å². The molecule has 0 atom stereocenters.